The lowest BCUT2D eigenvalue weighted by atomic mass is 9.81. The van der Waals surface area contributed by atoms with E-state index in [1.54, 1.807) is 21.3 Å². The Balaban J connectivity index is 2.39. The van der Waals surface area contributed by atoms with E-state index >= 15 is 0 Å². The molecule has 0 spiro atoms. The van der Waals surface area contributed by atoms with E-state index in [2.05, 4.69) is 0 Å². The molecule has 1 saturated carbocycles. The SMILES string of the molecule is COCOc1ccc(OCOC)c([C@@H]2CCCCCC2C(=O)N(C)OC)c1. The van der Waals surface area contributed by atoms with E-state index in [1.165, 1.54) is 12.2 Å². The number of hydrogen-bond acceptors (Lipinski definition) is 6. The molecule has 0 N–H and O–H groups in total. The maximum Gasteiger partial charge on any atom is 0.249 e. The molecule has 1 aromatic rings. The van der Waals surface area contributed by atoms with Gasteiger partial charge in [-0.3, -0.25) is 9.63 Å². The summed E-state index contributed by atoms with van der Waals surface area (Å²) in [4.78, 5) is 18.1. The van der Waals surface area contributed by atoms with Crippen LogP contribution < -0.4 is 9.47 Å². The maximum atomic E-state index is 12.9. The molecule has 0 aliphatic heterocycles. The number of hydrogen-bond donors (Lipinski definition) is 0. The normalized spacial score (nSPS) is 20.0. The van der Waals surface area contributed by atoms with Crippen LogP contribution in [0.4, 0.5) is 0 Å². The number of amides is 1. The summed E-state index contributed by atoms with van der Waals surface area (Å²) in [6.07, 6.45) is 4.94. The van der Waals surface area contributed by atoms with Crippen LogP contribution in [0.5, 0.6) is 11.5 Å². The number of rotatable bonds is 9. The van der Waals surface area contributed by atoms with Gasteiger partial charge >= 0.3 is 0 Å². The summed E-state index contributed by atoms with van der Waals surface area (Å²) in [7, 11) is 6.33. The molecule has 27 heavy (non-hydrogen) atoms. The fourth-order valence-corrected chi connectivity index (χ4v) is 3.59. The van der Waals surface area contributed by atoms with Crippen molar-refractivity contribution in [1.29, 1.82) is 0 Å². The Morgan fingerprint density at radius 1 is 1.04 bits per heavy atom. The zero-order valence-corrected chi connectivity index (χ0v) is 16.7. The van der Waals surface area contributed by atoms with Crippen LogP contribution in [-0.4, -0.2) is 52.9 Å². The predicted molar refractivity (Wildman–Crippen MR) is 101 cm³/mol. The van der Waals surface area contributed by atoms with Gasteiger partial charge in [-0.1, -0.05) is 19.3 Å². The Morgan fingerprint density at radius 3 is 2.44 bits per heavy atom. The predicted octanol–water partition coefficient (Wildman–Crippen LogP) is 3.34. The third-order valence-electron chi connectivity index (χ3n) is 4.97. The van der Waals surface area contributed by atoms with Crippen LogP contribution in [0.1, 0.15) is 43.6 Å². The molecule has 7 heteroatoms. The first-order chi connectivity index (χ1) is 13.1. The van der Waals surface area contributed by atoms with E-state index < -0.39 is 0 Å². The molecule has 1 aromatic carbocycles. The Labute approximate surface area is 161 Å². The highest BCUT2D eigenvalue weighted by Gasteiger charge is 2.34. The van der Waals surface area contributed by atoms with Crippen molar-refractivity contribution in [3.8, 4) is 11.5 Å². The standard InChI is InChI=1S/C20H31NO6/c1-21(25-4)20(22)17-9-7-5-6-8-16(17)18-12-15(26-13-23-2)10-11-19(18)27-14-24-3/h10-12,16-17H,5-9,13-14H2,1-4H3/t16-,17?/m1/s1. The van der Waals surface area contributed by atoms with Gasteiger partial charge in [-0.15, -0.1) is 0 Å². The molecular formula is C20H31NO6. The third-order valence-corrected chi connectivity index (χ3v) is 4.97. The summed E-state index contributed by atoms with van der Waals surface area (Å²) in [5.74, 6) is 1.25. The Morgan fingerprint density at radius 2 is 1.74 bits per heavy atom. The number of carbonyl (C=O) groups is 1. The molecule has 0 aromatic heterocycles. The maximum absolute atomic E-state index is 12.9. The molecule has 1 unspecified atom stereocenters. The molecule has 2 rings (SSSR count). The van der Waals surface area contributed by atoms with Gasteiger partial charge in [0.15, 0.2) is 13.6 Å². The summed E-state index contributed by atoms with van der Waals surface area (Å²) in [5.41, 5.74) is 0.963. The lowest BCUT2D eigenvalue weighted by Gasteiger charge is -2.29. The van der Waals surface area contributed by atoms with Crippen LogP contribution in [0.2, 0.25) is 0 Å². The van der Waals surface area contributed by atoms with Gasteiger partial charge in [0.05, 0.1) is 7.11 Å². The van der Waals surface area contributed by atoms with Gasteiger partial charge in [-0.25, -0.2) is 5.06 Å². The van der Waals surface area contributed by atoms with Gasteiger partial charge in [0.1, 0.15) is 11.5 Å². The second-order valence-corrected chi connectivity index (χ2v) is 6.67. The smallest absolute Gasteiger partial charge is 0.249 e. The molecule has 7 nitrogen and oxygen atoms in total. The molecule has 0 radical (unpaired) electrons. The van der Waals surface area contributed by atoms with Crippen LogP contribution in [0.3, 0.4) is 0 Å². The third kappa shape index (κ3) is 5.82. The van der Waals surface area contributed by atoms with Crippen molar-refractivity contribution in [2.75, 3.05) is 42.0 Å². The van der Waals surface area contributed by atoms with Gasteiger partial charge in [0, 0.05) is 32.7 Å². The number of benzene rings is 1. The van der Waals surface area contributed by atoms with Gasteiger partial charge < -0.3 is 18.9 Å². The highest BCUT2D eigenvalue weighted by atomic mass is 16.7. The fraction of sp³-hybridized carbons (Fsp3) is 0.650. The average molecular weight is 381 g/mol. The molecule has 152 valence electrons. The topological polar surface area (TPSA) is 66.5 Å². The van der Waals surface area contributed by atoms with Crippen molar-refractivity contribution in [3.63, 3.8) is 0 Å². The van der Waals surface area contributed by atoms with Gasteiger partial charge in [0.2, 0.25) is 5.91 Å². The van der Waals surface area contributed by atoms with Crippen molar-refractivity contribution in [2.45, 2.75) is 38.0 Å². The molecule has 1 aliphatic rings. The fourth-order valence-electron chi connectivity index (χ4n) is 3.59. The number of methoxy groups -OCH3 is 2. The first kappa shape index (κ1) is 21.5. The van der Waals surface area contributed by atoms with Gasteiger partial charge in [-0.2, -0.15) is 0 Å². The largest absolute Gasteiger partial charge is 0.468 e. The first-order valence-corrected chi connectivity index (χ1v) is 9.31. The Bertz CT molecular complexity index is 594. The first-order valence-electron chi connectivity index (χ1n) is 9.31. The summed E-state index contributed by atoms with van der Waals surface area (Å²) in [6, 6.07) is 5.65. The average Bonchev–Trinajstić information content (AvgIpc) is 2.95. The lowest BCUT2D eigenvalue weighted by Crippen LogP contribution is -2.35. The van der Waals surface area contributed by atoms with Crippen molar-refractivity contribution in [2.24, 2.45) is 5.92 Å². The number of nitrogens with zero attached hydrogens (tertiary/aromatic N) is 1. The molecule has 0 bridgehead atoms. The van der Waals surface area contributed by atoms with E-state index in [0.717, 1.165) is 37.7 Å². The number of ether oxygens (including phenoxy) is 4. The monoisotopic (exact) mass is 381 g/mol. The minimum absolute atomic E-state index is 0.00898. The minimum atomic E-state index is -0.167. The van der Waals surface area contributed by atoms with Crippen molar-refractivity contribution in [3.05, 3.63) is 23.8 Å². The lowest BCUT2D eigenvalue weighted by molar-refractivity contribution is -0.174. The zero-order chi connectivity index (χ0) is 19.6. The highest BCUT2D eigenvalue weighted by Crippen LogP contribution is 2.42. The summed E-state index contributed by atoms with van der Waals surface area (Å²) in [6.45, 7) is 0.311. The van der Waals surface area contributed by atoms with Crippen LogP contribution in [0.15, 0.2) is 18.2 Å². The second-order valence-electron chi connectivity index (χ2n) is 6.67. The molecule has 0 saturated heterocycles. The van der Waals surface area contributed by atoms with Crippen LogP contribution in [0.25, 0.3) is 0 Å². The summed E-state index contributed by atoms with van der Waals surface area (Å²) < 4.78 is 21.5. The van der Waals surface area contributed by atoms with E-state index in [9.17, 15) is 4.79 Å². The molecule has 1 aliphatic carbocycles. The second kappa shape index (κ2) is 11.1. The van der Waals surface area contributed by atoms with Crippen LogP contribution in [-0.2, 0) is 19.1 Å². The molecule has 0 heterocycles. The molecule has 2 atom stereocenters. The Kier molecular flexibility index (Phi) is 8.84. The minimum Gasteiger partial charge on any atom is -0.468 e. The van der Waals surface area contributed by atoms with E-state index in [4.69, 9.17) is 23.8 Å². The van der Waals surface area contributed by atoms with E-state index in [-0.39, 0.29) is 31.3 Å². The van der Waals surface area contributed by atoms with Gasteiger partial charge in [0.25, 0.3) is 0 Å². The van der Waals surface area contributed by atoms with E-state index in [1.807, 2.05) is 18.2 Å². The number of carbonyl (C=O) groups excluding carboxylic acids is 1. The molecular weight excluding hydrogens is 350 g/mol. The van der Waals surface area contributed by atoms with Crippen LogP contribution >= 0.6 is 0 Å². The number of hydroxylamine groups is 2. The van der Waals surface area contributed by atoms with Crippen molar-refractivity contribution < 1.29 is 28.6 Å². The molecule has 1 fully saturated rings. The Hall–Kier alpha value is -1.83. The quantitative estimate of drug-likeness (QED) is 0.371. The zero-order valence-electron chi connectivity index (χ0n) is 16.7. The van der Waals surface area contributed by atoms with Gasteiger partial charge in [-0.05, 0) is 37.0 Å². The summed E-state index contributed by atoms with van der Waals surface area (Å²) in [5, 5.41) is 1.32. The van der Waals surface area contributed by atoms with Crippen LogP contribution in [0, 0.1) is 5.92 Å². The van der Waals surface area contributed by atoms with Crippen molar-refractivity contribution >= 4 is 5.91 Å². The molecule has 1 amide bonds. The highest BCUT2D eigenvalue weighted by molar-refractivity contribution is 5.79. The summed E-state index contributed by atoms with van der Waals surface area (Å²) >= 11 is 0. The van der Waals surface area contributed by atoms with E-state index in [0.29, 0.717) is 11.5 Å². The van der Waals surface area contributed by atoms with Crippen molar-refractivity contribution in [1.82, 2.24) is 5.06 Å².